The van der Waals surface area contributed by atoms with Crippen LogP contribution >= 0.6 is 11.3 Å². The molecule has 2 nitrogen and oxygen atoms in total. The van der Waals surface area contributed by atoms with Crippen molar-refractivity contribution in [2.75, 3.05) is 6.54 Å². The van der Waals surface area contributed by atoms with Crippen molar-refractivity contribution in [1.82, 2.24) is 5.32 Å². The molecule has 2 aromatic rings. The Kier molecular flexibility index (Phi) is 3.97. The molecule has 1 heterocycles. The van der Waals surface area contributed by atoms with Crippen molar-refractivity contribution in [3.8, 4) is 5.75 Å². The van der Waals surface area contributed by atoms with Gasteiger partial charge in [-0.3, -0.25) is 0 Å². The molecule has 0 aliphatic heterocycles. The molecule has 3 heteroatoms. The number of phenols is 1. The van der Waals surface area contributed by atoms with Crippen LogP contribution in [0.2, 0.25) is 0 Å². The Balaban J connectivity index is 1.74. The minimum Gasteiger partial charge on any atom is -0.508 e. The van der Waals surface area contributed by atoms with Gasteiger partial charge in [0.2, 0.25) is 0 Å². The first-order valence-electron chi connectivity index (χ1n) is 5.36. The molecular weight excluding hydrogens is 218 g/mol. The first-order chi connectivity index (χ1) is 7.86. The van der Waals surface area contributed by atoms with Gasteiger partial charge in [0.15, 0.2) is 0 Å². The summed E-state index contributed by atoms with van der Waals surface area (Å²) in [5.74, 6) is 0.389. The van der Waals surface area contributed by atoms with Crippen molar-refractivity contribution in [2.24, 2.45) is 0 Å². The van der Waals surface area contributed by atoms with E-state index in [1.54, 1.807) is 17.4 Å². The molecule has 0 radical (unpaired) electrons. The monoisotopic (exact) mass is 233 g/mol. The Morgan fingerprint density at radius 2 is 2.00 bits per heavy atom. The van der Waals surface area contributed by atoms with Gasteiger partial charge in [-0.2, -0.15) is 0 Å². The van der Waals surface area contributed by atoms with E-state index in [1.165, 1.54) is 4.88 Å². The Bertz CT molecular complexity index is 425. The van der Waals surface area contributed by atoms with Gasteiger partial charge in [-0.1, -0.05) is 24.3 Å². The molecule has 0 bridgehead atoms. The smallest absolute Gasteiger partial charge is 0.118 e. The summed E-state index contributed by atoms with van der Waals surface area (Å²) in [4.78, 5) is 1.34. The lowest BCUT2D eigenvalue weighted by molar-refractivity contribution is 0.467. The quantitative estimate of drug-likeness (QED) is 0.778. The van der Waals surface area contributed by atoms with Crippen molar-refractivity contribution in [1.29, 1.82) is 0 Å². The van der Waals surface area contributed by atoms with E-state index in [-0.39, 0.29) is 0 Å². The third-order valence-corrected chi connectivity index (χ3v) is 3.32. The summed E-state index contributed by atoms with van der Waals surface area (Å²) >= 11 is 1.76. The number of nitrogens with one attached hydrogen (secondary N) is 1. The van der Waals surface area contributed by atoms with Gasteiger partial charge in [-0.25, -0.2) is 0 Å². The summed E-state index contributed by atoms with van der Waals surface area (Å²) < 4.78 is 0. The fourth-order valence-electron chi connectivity index (χ4n) is 1.57. The second-order valence-electron chi connectivity index (χ2n) is 3.63. The van der Waals surface area contributed by atoms with Crippen molar-refractivity contribution >= 4 is 11.3 Å². The van der Waals surface area contributed by atoms with Crippen LogP contribution in [0.4, 0.5) is 0 Å². The van der Waals surface area contributed by atoms with Crippen molar-refractivity contribution in [3.63, 3.8) is 0 Å². The van der Waals surface area contributed by atoms with E-state index >= 15 is 0 Å². The molecule has 0 spiro atoms. The van der Waals surface area contributed by atoms with Gasteiger partial charge in [0.25, 0.3) is 0 Å². The molecule has 1 aromatic heterocycles. The first-order valence-corrected chi connectivity index (χ1v) is 6.24. The highest BCUT2D eigenvalue weighted by Gasteiger charge is 1.99. The molecule has 0 aliphatic rings. The number of aromatic hydroxyl groups is 1. The number of hydrogen-bond acceptors (Lipinski definition) is 3. The van der Waals surface area contributed by atoms with Crippen molar-refractivity contribution < 1.29 is 5.11 Å². The van der Waals surface area contributed by atoms with E-state index in [9.17, 15) is 5.11 Å². The zero-order chi connectivity index (χ0) is 11.2. The second-order valence-corrected chi connectivity index (χ2v) is 4.67. The SMILES string of the molecule is Oc1ccccc1CCNCc1cccs1. The minimum atomic E-state index is 0.389. The highest BCUT2D eigenvalue weighted by molar-refractivity contribution is 7.09. The Morgan fingerprint density at radius 1 is 1.12 bits per heavy atom. The van der Waals surface area contributed by atoms with Gasteiger partial charge in [0, 0.05) is 11.4 Å². The zero-order valence-electron chi connectivity index (χ0n) is 9.02. The van der Waals surface area contributed by atoms with Gasteiger partial charge >= 0.3 is 0 Å². The predicted molar refractivity (Wildman–Crippen MR) is 67.8 cm³/mol. The van der Waals surface area contributed by atoms with Crippen LogP contribution in [0.25, 0.3) is 0 Å². The number of phenolic OH excluding ortho intramolecular Hbond substituents is 1. The minimum absolute atomic E-state index is 0.389. The Hall–Kier alpha value is -1.32. The highest BCUT2D eigenvalue weighted by Crippen LogP contribution is 2.15. The van der Waals surface area contributed by atoms with Crippen molar-refractivity contribution in [2.45, 2.75) is 13.0 Å². The number of rotatable bonds is 5. The summed E-state index contributed by atoms with van der Waals surface area (Å²) in [6.07, 6.45) is 0.859. The molecule has 2 rings (SSSR count). The lowest BCUT2D eigenvalue weighted by Gasteiger charge is -2.05. The summed E-state index contributed by atoms with van der Waals surface area (Å²) in [7, 11) is 0. The molecule has 0 aliphatic carbocycles. The van der Waals surface area contributed by atoms with Crippen LogP contribution in [-0.2, 0) is 13.0 Å². The molecular formula is C13H15NOS. The fourth-order valence-corrected chi connectivity index (χ4v) is 2.24. The van der Waals surface area contributed by atoms with Gasteiger partial charge < -0.3 is 10.4 Å². The Labute approximate surface area is 99.6 Å². The third kappa shape index (κ3) is 3.08. The largest absolute Gasteiger partial charge is 0.508 e. The molecule has 0 atom stereocenters. The maximum atomic E-state index is 9.57. The molecule has 0 saturated heterocycles. The van der Waals surface area contributed by atoms with E-state index < -0.39 is 0 Å². The Morgan fingerprint density at radius 3 is 2.75 bits per heavy atom. The standard InChI is InChI=1S/C13H15NOS/c15-13-6-2-1-4-11(13)7-8-14-10-12-5-3-9-16-12/h1-6,9,14-15H,7-8,10H2. The molecule has 84 valence electrons. The average Bonchev–Trinajstić information content (AvgIpc) is 2.79. The zero-order valence-corrected chi connectivity index (χ0v) is 9.83. The highest BCUT2D eigenvalue weighted by atomic mass is 32.1. The van der Waals surface area contributed by atoms with E-state index in [0.717, 1.165) is 25.1 Å². The van der Waals surface area contributed by atoms with E-state index in [4.69, 9.17) is 0 Å². The van der Waals surface area contributed by atoms with E-state index in [1.807, 2.05) is 18.2 Å². The van der Waals surface area contributed by atoms with Crippen LogP contribution in [-0.4, -0.2) is 11.7 Å². The molecule has 0 unspecified atom stereocenters. The number of hydrogen-bond donors (Lipinski definition) is 2. The maximum Gasteiger partial charge on any atom is 0.118 e. The molecule has 16 heavy (non-hydrogen) atoms. The predicted octanol–water partition coefficient (Wildman–Crippen LogP) is 2.79. The van der Waals surface area contributed by atoms with Gasteiger partial charge in [-0.05, 0) is 36.0 Å². The van der Waals surface area contributed by atoms with Crippen LogP contribution in [0.5, 0.6) is 5.75 Å². The molecule has 2 N–H and O–H groups in total. The average molecular weight is 233 g/mol. The van der Waals surface area contributed by atoms with Gasteiger partial charge in [-0.15, -0.1) is 11.3 Å². The molecule has 0 saturated carbocycles. The lowest BCUT2D eigenvalue weighted by Crippen LogP contribution is -2.15. The van der Waals surface area contributed by atoms with Crippen LogP contribution in [0.1, 0.15) is 10.4 Å². The third-order valence-electron chi connectivity index (χ3n) is 2.44. The van der Waals surface area contributed by atoms with E-state index in [2.05, 4.69) is 22.8 Å². The second kappa shape index (κ2) is 5.68. The fraction of sp³-hybridized carbons (Fsp3) is 0.231. The lowest BCUT2D eigenvalue weighted by atomic mass is 10.1. The van der Waals surface area contributed by atoms with Crippen LogP contribution < -0.4 is 5.32 Å². The number of benzene rings is 1. The van der Waals surface area contributed by atoms with Gasteiger partial charge in [0.1, 0.15) is 5.75 Å². The number of thiophene rings is 1. The first kappa shape index (κ1) is 11.2. The molecule has 1 aromatic carbocycles. The molecule has 0 amide bonds. The van der Waals surface area contributed by atoms with Crippen LogP contribution in [0, 0.1) is 0 Å². The molecule has 0 fully saturated rings. The van der Waals surface area contributed by atoms with Gasteiger partial charge in [0.05, 0.1) is 0 Å². The summed E-state index contributed by atoms with van der Waals surface area (Å²) in [6.45, 7) is 1.79. The van der Waals surface area contributed by atoms with Crippen molar-refractivity contribution in [3.05, 3.63) is 52.2 Å². The van der Waals surface area contributed by atoms with E-state index in [0.29, 0.717) is 5.75 Å². The van der Waals surface area contributed by atoms with Crippen LogP contribution in [0.15, 0.2) is 41.8 Å². The maximum absolute atomic E-state index is 9.57. The summed E-state index contributed by atoms with van der Waals surface area (Å²) in [6, 6.07) is 11.7. The normalized spacial score (nSPS) is 10.5. The number of para-hydroxylation sites is 1. The van der Waals surface area contributed by atoms with Crippen LogP contribution in [0.3, 0.4) is 0 Å². The topological polar surface area (TPSA) is 32.3 Å². The summed E-state index contributed by atoms with van der Waals surface area (Å²) in [5.41, 5.74) is 1.00. The summed E-state index contributed by atoms with van der Waals surface area (Å²) in [5, 5.41) is 15.0.